The molecule has 9 aromatic carbocycles. The number of hydrogen-bond acceptors (Lipinski definition) is 3. The third kappa shape index (κ3) is 5.75. The second-order valence-corrected chi connectivity index (χ2v) is 18.3. The van der Waals surface area contributed by atoms with Crippen LogP contribution in [0.2, 0.25) is 0 Å². The highest BCUT2D eigenvalue weighted by Crippen LogP contribution is 2.56. The summed E-state index contributed by atoms with van der Waals surface area (Å²) in [6.45, 7) is 11.5. The van der Waals surface area contributed by atoms with Gasteiger partial charge in [-0.25, -0.2) is 0 Å². The van der Waals surface area contributed by atoms with Gasteiger partial charge in [0.25, 0.3) is 0 Å². The highest BCUT2D eigenvalue weighted by Gasteiger charge is 2.49. The smallest absolute Gasteiger partial charge is 0.333 e. The Morgan fingerprint density at radius 3 is 1.75 bits per heavy atom. The predicted octanol–water partition coefficient (Wildman–Crippen LogP) is 14.8. The van der Waals surface area contributed by atoms with Crippen molar-refractivity contribution in [2.24, 2.45) is 0 Å². The van der Waals surface area contributed by atoms with E-state index in [1.165, 1.54) is 94.9 Å². The van der Waals surface area contributed by atoms with Crippen LogP contribution in [-0.2, 0) is 5.41 Å². The molecule has 0 saturated heterocycles. The fourth-order valence-corrected chi connectivity index (χ4v) is 11.3. The Labute approximate surface area is 377 Å². The Balaban J connectivity index is 1.19. The third-order valence-electron chi connectivity index (χ3n) is 14.0. The minimum Gasteiger partial charge on any atom is -0.376 e. The SMILES string of the molecule is Cc1cc(C)c(-c2cc3c4c(c2)N2c5ccccc5C(C)(C)c5cccc(c52)B4N(c2ccc(-c4ccccc4)cc2)c2cc(N(c4ccccc4)c4ccccc4)ccc2-3)c(C)c1. The van der Waals surface area contributed by atoms with E-state index in [1.54, 1.807) is 0 Å². The summed E-state index contributed by atoms with van der Waals surface area (Å²) in [5.74, 6) is 0. The average molecular weight is 822 g/mol. The molecule has 0 aromatic heterocycles. The fourth-order valence-electron chi connectivity index (χ4n) is 11.3. The van der Waals surface area contributed by atoms with Gasteiger partial charge >= 0.3 is 6.85 Å². The second-order valence-electron chi connectivity index (χ2n) is 18.3. The van der Waals surface area contributed by atoms with Gasteiger partial charge in [-0.15, -0.1) is 0 Å². The van der Waals surface area contributed by atoms with Crippen molar-refractivity contribution in [3.63, 3.8) is 0 Å². The maximum absolute atomic E-state index is 2.65. The number of nitrogens with zero attached hydrogens (tertiary/aromatic N) is 3. The molecule has 3 nitrogen and oxygen atoms in total. The van der Waals surface area contributed by atoms with E-state index in [0.717, 1.165) is 22.7 Å². The zero-order valence-corrected chi connectivity index (χ0v) is 37.0. The lowest BCUT2D eigenvalue weighted by atomic mass is 9.42. The van der Waals surface area contributed by atoms with Gasteiger partial charge in [-0.1, -0.05) is 153 Å². The van der Waals surface area contributed by atoms with Crippen LogP contribution in [0.1, 0.15) is 41.7 Å². The van der Waals surface area contributed by atoms with E-state index < -0.39 is 0 Å². The molecule has 3 aliphatic heterocycles. The van der Waals surface area contributed by atoms with Gasteiger partial charge in [0.2, 0.25) is 0 Å². The summed E-state index contributed by atoms with van der Waals surface area (Å²) in [6, 6.07) is 74.5. The summed E-state index contributed by atoms with van der Waals surface area (Å²) < 4.78 is 0. The molecule has 0 saturated carbocycles. The van der Waals surface area contributed by atoms with Crippen molar-refractivity contribution in [3.8, 4) is 33.4 Å². The molecule has 0 spiro atoms. The topological polar surface area (TPSA) is 9.72 Å². The highest BCUT2D eigenvalue weighted by molar-refractivity contribution is 6.93. The summed E-state index contributed by atoms with van der Waals surface area (Å²) in [5.41, 5.74) is 26.0. The molecule has 3 heterocycles. The lowest BCUT2D eigenvalue weighted by Gasteiger charge is -2.50. The van der Waals surface area contributed by atoms with Crippen molar-refractivity contribution >= 4 is 63.3 Å². The Hall–Kier alpha value is -7.56. The Morgan fingerprint density at radius 1 is 0.453 bits per heavy atom. The van der Waals surface area contributed by atoms with Crippen molar-refractivity contribution in [1.29, 1.82) is 0 Å². The summed E-state index contributed by atoms with van der Waals surface area (Å²) in [7, 11) is 0. The fraction of sp³-hybridized carbons (Fsp3) is 0.100. The van der Waals surface area contributed by atoms with Crippen molar-refractivity contribution in [1.82, 2.24) is 0 Å². The van der Waals surface area contributed by atoms with Crippen LogP contribution in [0.3, 0.4) is 0 Å². The maximum atomic E-state index is 2.65. The Bertz CT molecular complexity index is 3220. The first-order valence-electron chi connectivity index (χ1n) is 22.5. The van der Waals surface area contributed by atoms with E-state index in [0.29, 0.717) is 0 Å². The zero-order valence-electron chi connectivity index (χ0n) is 37.0. The van der Waals surface area contributed by atoms with Crippen LogP contribution in [0.5, 0.6) is 0 Å². The molecule has 0 unspecified atom stereocenters. The van der Waals surface area contributed by atoms with Gasteiger partial charge in [-0.2, -0.15) is 0 Å². The number of para-hydroxylation sites is 4. The summed E-state index contributed by atoms with van der Waals surface area (Å²) in [6.07, 6.45) is 0. The minimum absolute atomic E-state index is 0.112. The van der Waals surface area contributed by atoms with E-state index >= 15 is 0 Å². The third-order valence-corrected chi connectivity index (χ3v) is 14.0. The van der Waals surface area contributed by atoms with Crippen LogP contribution in [0.25, 0.3) is 33.4 Å². The molecule has 9 aromatic rings. The average Bonchev–Trinajstić information content (AvgIpc) is 3.32. The molecule has 4 heteroatoms. The molecule has 0 fully saturated rings. The molecule has 306 valence electrons. The van der Waals surface area contributed by atoms with E-state index in [4.69, 9.17) is 0 Å². The first-order chi connectivity index (χ1) is 31.3. The highest BCUT2D eigenvalue weighted by atomic mass is 15.2. The molecule has 12 rings (SSSR count). The minimum atomic E-state index is -0.214. The number of aryl methyl sites for hydroxylation is 3. The van der Waals surface area contributed by atoms with E-state index in [9.17, 15) is 0 Å². The van der Waals surface area contributed by atoms with Crippen molar-refractivity contribution in [2.75, 3.05) is 14.6 Å². The Morgan fingerprint density at radius 2 is 1.06 bits per heavy atom. The van der Waals surface area contributed by atoms with Crippen LogP contribution < -0.4 is 25.5 Å². The molecular weight excluding hydrogens is 773 g/mol. The molecule has 0 radical (unpaired) electrons. The number of hydrogen-bond donors (Lipinski definition) is 0. The second kappa shape index (κ2) is 14.5. The summed E-state index contributed by atoms with van der Waals surface area (Å²) in [4.78, 5) is 7.65. The quantitative estimate of drug-likeness (QED) is 0.155. The Kier molecular flexibility index (Phi) is 8.65. The summed E-state index contributed by atoms with van der Waals surface area (Å²) in [5, 5.41) is 0. The monoisotopic (exact) mass is 821 g/mol. The molecular formula is C60H48BN3. The van der Waals surface area contributed by atoms with E-state index in [2.05, 4.69) is 249 Å². The summed E-state index contributed by atoms with van der Waals surface area (Å²) >= 11 is 0. The molecule has 0 bridgehead atoms. The van der Waals surface area contributed by atoms with Crippen molar-refractivity contribution < 1.29 is 0 Å². The number of anilines is 8. The first kappa shape index (κ1) is 38.1. The lowest BCUT2D eigenvalue weighted by Crippen LogP contribution is -2.62. The molecule has 0 aliphatic carbocycles. The number of rotatable bonds is 6. The molecule has 0 atom stereocenters. The van der Waals surface area contributed by atoms with Crippen LogP contribution in [0.15, 0.2) is 200 Å². The first-order valence-corrected chi connectivity index (χ1v) is 22.5. The molecule has 0 N–H and O–H groups in total. The largest absolute Gasteiger partial charge is 0.376 e. The van der Waals surface area contributed by atoms with E-state index in [1.807, 2.05) is 0 Å². The van der Waals surface area contributed by atoms with Gasteiger partial charge in [0.1, 0.15) is 0 Å². The van der Waals surface area contributed by atoms with Crippen LogP contribution in [-0.4, -0.2) is 6.85 Å². The van der Waals surface area contributed by atoms with Gasteiger partial charge in [-0.3, -0.25) is 0 Å². The van der Waals surface area contributed by atoms with Crippen molar-refractivity contribution in [2.45, 2.75) is 40.0 Å². The van der Waals surface area contributed by atoms with E-state index in [-0.39, 0.29) is 12.3 Å². The van der Waals surface area contributed by atoms with Gasteiger partial charge < -0.3 is 14.6 Å². The maximum Gasteiger partial charge on any atom is 0.333 e. The molecule has 64 heavy (non-hydrogen) atoms. The van der Waals surface area contributed by atoms with Crippen LogP contribution in [0, 0.1) is 20.8 Å². The standard InChI is InChI=1S/C60H48BN3/c1-39-34-40(2)57(41(3)35-39)44-36-50-49-33-32-48(62(45-20-11-7-12-21-45)46-22-13-8-14-23-46)38-55(49)64(47-30-28-43(29-31-47)42-18-9-6-10-19-42)61-53-26-17-25-52-59(53)63(56(37-44)58(50)61)54-27-16-15-24-51(54)60(52,4)5/h6-38H,1-5H3. The normalized spacial score (nSPS) is 13.7. The number of benzene rings is 9. The zero-order chi connectivity index (χ0) is 43.3. The number of fused-ring (bicyclic) bond motifs is 6. The van der Waals surface area contributed by atoms with Gasteiger partial charge in [0.05, 0.1) is 5.69 Å². The lowest BCUT2D eigenvalue weighted by molar-refractivity contribution is 0.632. The van der Waals surface area contributed by atoms with Gasteiger partial charge in [0.15, 0.2) is 0 Å². The van der Waals surface area contributed by atoms with Crippen molar-refractivity contribution in [3.05, 3.63) is 228 Å². The molecule has 3 aliphatic rings. The van der Waals surface area contributed by atoms with Crippen LogP contribution in [0.4, 0.5) is 45.5 Å². The molecule has 0 amide bonds. The predicted molar refractivity (Wildman–Crippen MR) is 272 cm³/mol. The van der Waals surface area contributed by atoms with Crippen LogP contribution >= 0.6 is 0 Å². The van der Waals surface area contributed by atoms with Gasteiger partial charge in [-0.05, 0) is 148 Å². The van der Waals surface area contributed by atoms with Gasteiger partial charge in [0, 0.05) is 50.8 Å².